The van der Waals surface area contributed by atoms with Crippen molar-refractivity contribution in [2.75, 3.05) is 5.32 Å². The molecule has 0 fully saturated rings. The minimum absolute atomic E-state index is 0.634. The zero-order valence-electron chi connectivity index (χ0n) is 11.3. The van der Waals surface area contributed by atoms with Gasteiger partial charge in [0.25, 0.3) is 0 Å². The third-order valence-electron chi connectivity index (χ3n) is 3.48. The first-order valence-electron chi connectivity index (χ1n) is 6.69. The molecule has 3 aromatic carbocycles. The van der Waals surface area contributed by atoms with Gasteiger partial charge in [-0.3, -0.25) is 0 Å². The van der Waals surface area contributed by atoms with Crippen LogP contribution in [0.4, 0.5) is 5.69 Å². The highest BCUT2D eigenvalue weighted by Crippen LogP contribution is 2.30. The second kappa shape index (κ2) is 5.99. The van der Waals surface area contributed by atoms with Crippen LogP contribution in [-0.4, -0.2) is 0 Å². The molecule has 3 heteroatoms. The molecule has 0 radical (unpaired) electrons. The summed E-state index contributed by atoms with van der Waals surface area (Å²) in [6.07, 6.45) is 0. The van der Waals surface area contributed by atoms with Crippen LogP contribution in [0, 0.1) is 11.3 Å². The topological polar surface area (TPSA) is 35.8 Å². The van der Waals surface area contributed by atoms with Crippen LogP contribution in [0.5, 0.6) is 0 Å². The Bertz CT molecular complexity index is 834. The van der Waals surface area contributed by atoms with Crippen LogP contribution >= 0.6 is 15.9 Å². The fourth-order valence-corrected chi connectivity index (χ4v) is 2.87. The van der Waals surface area contributed by atoms with E-state index < -0.39 is 0 Å². The molecule has 102 valence electrons. The van der Waals surface area contributed by atoms with Crippen LogP contribution in [0.25, 0.3) is 10.8 Å². The zero-order chi connectivity index (χ0) is 14.7. The molecular weight excluding hydrogens is 324 g/mol. The van der Waals surface area contributed by atoms with Crippen molar-refractivity contribution in [3.05, 3.63) is 76.3 Å². The summed E-state index contributed by atoms with van der Waals surface area (Å²) in [5, 5.41) is 14.9. The molecule has 0 spiro atoms. The van der Waals surface area contributed by atoms with E-state index in [9.17, 15) is 0 Å². The minimum atomic E-state index is 0.634. The summed E-state index contributed by atoms with van der Waals surface area (Å²) in [6.45, 7) is 0.634. The normalized spacial score (nSPS) is 10.3. The van der Waals surface area contributed by atoms with E-state index in [1.807, 2.05) is 42.5 Å². The highest BCUT2D eigenvalue weighted by Gasteiger charge is 2.05. The lowest BCUT2D eigenvalue weighted by atomic mass is 10.1. The van der Waals surface area contributed by atoms with E-state index in [-0.39, 0.29) is 0 Å². The number of nitrogens with zero attached hydrogens (tertiary/aromatic N) is 1. The number of benzene rings is 3. The first-order chi connectivity index (χ1) is 10.3. The third kappa shape index (κ3) is 2.76. The fraction of sp³-hybridized carbons (Fsp3) is 0.0556. The molecule has 1 N–H and O–H groups in total. The summed E-state index contributed by atoms with van der Waals surface area (Å²) in [5.74, 6) is 0. The molecule has 0 heterocycles. The molecule has 0 aromatic heterocycles. The Balaban J connectivity index is 1.93. The summed E-state index contributed by atoms with van der Waals surface area (Å²) in [7, 11) is 0. The Labute approximate surface area is 132 Å². The van der Waals surface area contributed by atoms with Crippen molar-refractivity contribution in [1.29, 1.82) is 5.26 Å². The maximum absolute atomic E-state index is 9.14. The number of rotatable bonds is 3. The predicted molar refractivity (Wildman–Crippen MR) is 90.1 cm³/mol. The number of fused-ring (bicyclic) bond motifs is 1. The van der Waals surface area contributed by atoms with E-state index in [2.05, 4.69) is 45.5 Å². The van der Waals surface area contributed by atoms with Crippen molar-refractivity contribution in [3.8, 4) is 6.07 Å². The fourth-order valence-electron chi connectivity index (χ4n) is 2.39. The van der Waals surface area contributed by atoms with Gasteiger partial charge in [-0.05, 0) is 29.1 Å². The molecule has 0 amide bonds. The van der Waals surface area contributed by atoms with E-state index in [0.717, 1.165) is 15.7 Å². The maximum atomic E-state index is 9.14. The Morgan fingerprint density at radius 1 is 0.905 bits per heavy atom. The van der Waals surface area contributed by atoms with Gasteiger partial charge in [-0.1, -0.05) is 58.4 Å². The Kier molecular flexibility index (Phi) is 3.89. The molecule has 0 unspecified atom stereocenters. The number of nitriles is 1. The molecule has 0 aliphatic carbocycles. The van der Waals surface area contributed by atoms with E-state index in [1.165, 1.54) is 10.8 Å². The first kappa shape index (κ1) is 13.7. The van der Waals surface area contributed by atoms with Gasteiger partial charge >= 0.3 is 0 Å². The quantitative estimate of drug-likeness (QED) is 0.723. The van der Waals surface area contributed by atoms with Crippen molar-refractivity contribution in [1.82, 2.24) is 0 Å². The standard InChI is InChI=1S/C18H13BrN2/c19-17-9-10-18(16-8-4-3-7-15(16)17)21-12-14-6-2-1-5-13(14)11-20/h1-10,21H,12H2. The van der Waals surface area contributed by atoms with Crippen LogP contribution in [0.3, 0.4) is 0 Å². The average Bonchev–Trinajstić information content (AvgIpc) is 2.55. The number of anilines is 1. The van der Waals surface area contributed by atoms with E-state index in [4.69, 9.17) is 5.26 Å². The minimum Gasteiger partial charge on any atom is -0.380 e. The highest BCUT2D eigenvalue weighted by molar-refractivity contribution is 9.10. The molecule has 0 saturated heterocycles. The monoisotopic (exact) mass is 336 g/mol. The van der Waals surface area contributed by atoms with Crippen LogP contribution in [0.15, 0.2) is 65.1 Å². The van der Waals surface area contributed by atoms with Crippen LogP contribution in [0.2, 0.25) is 0 Å². The van der Waals surface area contributed by atoms with Crippen molar-refractivity contribution < 1.29 is 0 Å². The molecule has 0 saturated carbocycles. The summed E-state index contributed by atoms with van der Waals surface area (Å²) < 4.78 is 1.08. The van der Waals surface area contributed by atoms with Gasteiger partial charge in [-0.2, -0.15) is 5.26 Å². The second-order valence-electron chi connectivity index (χ2n) is 4.76. The molecule has 2 nitrogen and oxygen atoms in total. The zero-order valence-corrected chi connectivity index (χ0v) is 12.9. The van der Waals surface area contributed by atoms with Crippen LogP contribution in [-0.2, 0) is 6.54 Å². The largest absolute Gasteiger partial charge is 0.380 e. The molecule has 0 aliphatic heterocycles. The summed E-state index contributed by atoms with van der Waals surface area (Å²) in [6, 6.07) is 22.2. The van der Waals surface area contributed by atoms with Gasteiger partial charge in [0, 0.05) is 22.1 Å². The lowest BCUT2D eigenvalue weighted by Crippen LogP contribution is -2.02. The molecule has 0 bridgehead atoms. The second-order valence-corrected chi connectivity index (χ2v) is 5.62. The van der Waals surface area contributed by atoms with E-state index in [1.54, 1.807) is 0 Å². The predicted octanol–water partition coefficient (Wildman–Crippen LogP) is 5.09. The molecule has 0 atom stereocenters. The number of hydrogen-bond acceptors (Lipinski definition) is 2. The van der Waals surface area contributed by atoms with Crippen molar-refractivity contribution in [3.63, 3.8) is 0 Å². The van der Waals surface area contributed by atoms with Crippen molar-refractivity contribution in [2.24, 2.45) is 0 Å². The lowest BCUT2D eigenvalue weighted by Gasteiger charge is -2.11. The van der Waals surface area contributed by atoms with Gasteiger partial charge < -0.3 is 5.32 Å². The maximum Gasteiger partial charge on any atom is 0.0995 e. The SMILES string of the molecule is N#Cc1ccccc1CNc1ccc(Br)c2ccccc12. The first-order valence-corrected chi connectivity index (χ1v) is 7.48. The van der Waals surface area contributed by atoms with Gasteiger partial charge in [0.2, 0.25) is 0 Å². The smallest absolute Gasteiger partial charge is 0.0995 e. The Morgan fingerprint density at radius 2 is 1.62 bits per heavy atom. The van der Waals surface area contributed by atoms with Crippen LogP contribution < -0.4 is 5.32 Å². The molecule has 21 heavy (non-hydrogen) atoms. The highest BCUT2D eigenvalue weighted by atomic mass is 79.9. The van der Waals surface area contributed by atoms with Gasteiger partial charge in [0.1, 0.15) is 0 Å². The summed E-state index contributed by atoms with van der Waals surface area (Å²) in [4.78, 5) is 0. The lowest BCUT2D eigenvalue weighted by molar-refractivity contribution is 1.14. The third-order valence-corrected chi connectivity index (χ3v) is 4.17. The van der Waals surface area contributed by atoms with E-state index in [0.29, 0.717) is 12.1 Å². The van der Waals surface area contributed by atoms with Gasteiger partial charge in [-0.15, -0.1) is 0 Å². The number of halogens is 1. The summed E-state index contributed by atoms with van der Waals surface area (Å²) >= 11 is 3.58. The Hall–Kier alpha value is -2.31. The number of hydrogen-bond donors (Lipinski definition) is 1. The molecule has 3 rings (SSSR count). The van der Waals surface area contributed by atoms with Crippen molar-refractivity contribution in [2.45, 2.75) is 6.54 Å². The van der Waals surface area contributed by atoms with Crippen LogP contribution in [0.1, 0.15) is 11.1 Å². The number of nitrogens with one attached hydrogen (secondary N) is 1. The Morgan fingerprint density at radius 3 is 2.43 bits per heavy atom. The summed E-state index contributed by atoms with van der Waals surface area (Å²) in [5.41, 5.74) is 2.79. The van der Waals surface area contributed by atoms with Gasteiger partial charge in [0.05, 0.1) is 11.6 Å². The van der Waals surface area contributed by atoms with Gasteiger partial charge in [-0.25, -0.2) is 0 Å². The van der Waals surface area contributed by atoms with E-state index >= 15 is 0 Å². The average molecular weight is 337 g/mol. The molecule has 3 aromatic rings. The molecule has 0 aliphatic rings. The molecular formula is C18H13BrN2. The van der Waals surface area contributed by atoms with Gasteiger partial charge in [0.15, 0.2) is 0 Å². The van der Waals surface area contributed by atoms with Crippen molar-refractivity contribution >= 4 is 32.4 Å².